The Morgan fingerprint density at radius 3 is 2.55 bits per heavy atom. The molecule has 1 aromatic heterocycles. The highest BCUT2D eigenvalue weighted by atomic mass is 35.5. The van der Waals surface area contributed by atoms with Crippen LogP contribution in [0.15, 0.2) is 60.9 Å². The van der Waals surface area contributed by atoms with E-state index in [1.807, 2.05) is 65.6 Å². The molecule has 0 spiro atoms. The van der Waals surface area contributed by atoms with E-state index in [-0.39, 0.29) is 0 Å². The maximum atomic E-state index is 5.98. The zero-order chi connectivity index (χ0) is 13.9. The summed E-state index contributed by atoms with van der Waals surface area (Å²) >= 11 is 5.88. The number of benzene rings is 2. The highest BCUT2D eigenvalue weighted by molar-refractivity contribution is 6.30. The molecule has 0 amide bonds. The lowest BCUT2D eigenvalue weighted by atomic mass is 10.1. The molecule has 0 saturated heterocycles. The lowest BCUT2D eigenvalue weighted by Gasteiger charge is -2.03. The van der Waals surface area contributed by atoms with Crippen molar-refractivity contribution in [3.8, 4) is 11.1 Å². The molecule has 0 bridgehead atoms. The van der Waals surface area contributed by atoms with Gasteiger partial charge in [-0.15, -0.1) is 0 Å². The third-order valence-corrected chi connectivity index (χ3v) is 3.41. The second-order valence-electron chi connectivity index (χ2n) is 4.64. The normalized spacial score (nSPS) is 10.7. The van der Waals surface area contributed by atoms with Crippen LogP contribution >= 0.6 is 11.6 Å². The van der Waals surface area contributed by atoms with E-state index >= 15 is 0 Å². The molecule has 0 fully saturated rings. The van der Waals surface area contributed by atoms with Crippen LogP contribution in [0.3, 0.4) is 0 Å². The van der Waals surface area contributed by atoms with Crippen molar-refractivity contribution in [2.75, 3.05) is 5.73 Å². The van der Waals surface area contributed by atoms with E-state index in [2.05, 4.69) is 5.10 Å². The maximum Gasteiger partial charge on any atom is 0.0659 e. The largest absolute Gasteiger partial charge is 0.398 e. The van der Waals surface area contributed by atoms with Crippen molar-refractivity contribution in [2.24, 2.45) is 0 Å². The Hall–Kier alpha value is -2.26. The Balaban J connectivity index is 1.84. The Labute approximate surface area is 122 Å². The van der Waals surface area contributed by atoms with Crippen molar-refractivity contribution in [1.82, 2.24) is 9.78 Å². The fraction of sp³-hybridized carbons (Fsp3) is 0.0625. The fourth-order valence-corrected chi connectivity index (χ4v) is 2.25. The molecule has 2 aromatic carbocycles. The van der Waals surface area contributed by atoms with Crippen molar-refractivity contribution < 1.29 is 0 Å². The number of nitrogen functional groups attached to an aromatic ring is 1. The van der Waals surface area contributed by atoms with E-state index < -0.39 is 0 Å². The number of rotatable bonds is 3. The fourth-order valence-electron chi connectivity index (χ4n) is 2.13. The number of nitrogens with two attached hydrogens (primary N) is 1. The van der Waals surface area contributed by atoms with Crippen LogP contribution in [0.25, 0.3) is 11.1 Å². The van der Waals surface area contributed by atoms with E-state index in [0.717, 1.165) is 27.4 Å². The monoisotopic (exact) mass is 283 g/mol. The Kier molecular flexibility index (Phi) is 3.44. The van der Waals surface area contributed by atoms with Crippen LogP contribution in [-0.2, 0) is 6.54 Å². The van der Waals surface area contributed by atoms with Gasteiger partial charge in [0.2, 0.25) is 0 Å². The summed E-state index contributed by atoms with van der Waals surface area (Å²) in [6.07, 6.45) is 3.84. The highest BCUT2D eigenvalue weighted by Crippen LogP contribution is 2.24. The summed E-state index contributed by atoms with van der Waals surface area (Å²) in [5.41, 5.74) is 9.93. The molecule has 3 aromatic rings. The summed E-state index contributed by atoms with van der Waals surface area (Å²) < 4.78 is 1.89. The number of anilines is 1. The van der Waals surface area contributed by atoms with Gasteiger partial charge >= 0.3 is 0 Å². The van der Waals surface area contributed by atoms with Crippen LogP contribution in [0.1, 0.15) is 5.56 Å². The minimum atomic E-state index is 0.712. The average Bonchev–Trinajstić information content (AvgIpc) is 2.90. The first-order valence-corrected chi connectivity index (χ1v) is 6.72. The molecule has 0 aliphatic heterocycles. The molecule has 0 atom stereocenters. The molecule has 0 unspecified atom stereocenters. The maximum absolute atomic E-state index is 5.98. The van der Waals surface area contributed by atoms with Gasteiger partial charge in [-0.3, -0.25) is 4.68 Å². The summed E-state index contributed by atoms with van der Waals surface area (Å²) in [7, 11) is 0. The van der Waals surface area contributed by atoms with Crippen molar-refractivity contribution in [3.63, 3.8) is 0 Å². The van der Waals surface area contributed by atoms with Gasteiger partial charge in [-0.1, -0.05) is 41.9 Å². The van der Waals surface area contributed by atoms with E-state index in [1.54, 1.807) is 0 Å². The smallest absolute Gasteiger partial charge is 0.0659 e. The first kappa shape index (κ1) is 12.8. The minimum absolute atomic E-state index is 0.712. The van der Waals surface area contributed by atoms with Crippen LogP contribution in [0.4, 0.5) is 5.69 Å². The molecule has 0 radical (unpaired) electrons. The van der Waals surface area contributed by atoms with Crippen LogP contribution in [0.5, 0.6) is 0 Å². The van der Waals surface area contributed by atoms with E-state index in [9.17, 15) is 0 Å². The van der Waals surface area contributed by atoms with Gasteiger partial charge in [-0.05, 0) is 23.8 Å². The van der Waals surface area contributed by atoms with Gasteiger partial charge in [0.25, 0.3) is 0 Å². The van der Waals surface area contributed by atoms with Gasteiger partial charge in [-0.2, -0.15) is 5.10 Å². The van der Waals surface area contributed by atoms with Crippen LogP contribution in [-0.4, -0.2) is 9.78 Å². The third kappa shape index (κ3) is 2.68. The van der Waals surface area contributed by atoms with Crippen molar-refractivity contribution in [1.29, 1.82) is 0 Å². The number of halogens is 1. The predicted octanol–water partition coefficient (Wildman–Crippen LogP) is 3.83. The number of aromatic nitrogens is 2. The molecule has 1 heterocycles. The zero-order valence-corrected chi connectivity index (χ0v) is 11.6. The topological polar surface area (TPSA) is 43.8 Å². The summed E-state index contributed by atoms with van der Waals surface area (Å²) in [6.45, 7) is 0.712. The van der Waals surface area contributed by atoms with Gasteiger partial charge in [-0.25, -0.2) is 0 Å². The number of para-hydroxylation sites is 1. The Morgan fingerprint density at radius 1 is 1.05 bits per heavy atom. The van der Waals surface area contributed by atoms with Crippen LogP contribution in [0.2, 0.25) is 5.02 Å². The van der Waals surface area contributed by atoms with Gasteiger partial charge in [0, 0.05) is 28.0 Å². The molecule has 2 N–H and O–H groups in total. The number of hydrogen-bond acceptors (Lipinski definition) is 2. The molecule has 0 saturated carbocycles. The van der Waals surface area contributed by atoms with Crippen molar-refractivity contribution in [3.05, 3.63) is 71.5 Å². The van der Waals surface area contributed by atoms with Crippen LogP contribution in [0, 0.1) is 0 Å². The summed E-state index contributed by atoms with van der Waals surface area (Å²) in [6, 6.07) is 15.6. The van der Waals surface area contributed by atoms with Gasteiger partial charge in [0.15, 0.2) is 0 Å². The number of nitrogens with zero attached hydrogens (tertiary/aromatic N) is 2. The molecule has 3 rings (SSSR count). The quantitative estimate of drug-likeness (QED) is 0.742. The van der Waals surface area contributed by atoms with E-state index in [4.69, 9.17) is 17.3 Å². The lowest BCUT2D eigenvalue weighted by Crippen LogP contribution is -1.99. The highest BCUT2D eigenvalue weighted by Gasteiger charge is 2.05. The molecular weight excluding hydrogens is 270 g/mol. The first-order chi connectivity index (χ1) is 9.72. The summed E-state index contributed by atoms with van der Waals surface area (Å²) in [5.74, 6) is 0. The van der Waals surface area contributed by atoms with Gasteiger partial charge < -0.3 is 5.73 Å². The predicted molar refractivity (Wildman–Crippen MR) is 82.6 cm³/mol. The molecule has 20 heavy (non-hydrogen) atoms. The van der Waals surface area contributed by atoms with Gasteiger partial charge in [0.05, 0.1) is 12.7 Å². The Bertz CT molecular complexity index is 717. The Morgan fingerprint density at radius 2 is 1.80 bits per heavy atom. The standard InChI is InChI=1S/C16H14ClN3/c17-14-7-5-12(6-8-14)10-20-11-13(9-19-20)15-3-1-2-4-16(15)18/h1-9,11H,10,18H2. The zero-order valence-electron chi connectivity index (χ0n) is 10.8. The number of hydrogen-bond donors (Lipinski definition) is 1. The van der Waals surface area contributed by atoms with Crippen molar-refractivity contribution in [2.45, 2.75) is 6.54 Å². The molecule has 100 valence electrons. The van der Waals surface area contributed by atoms with E-state index in [0.29, 0.717) is 6.54 Å². The SMILES string of the molecule is Nc1ccccc1-c1cnn(Cc2ccc(Cl)cc2)c1. The minimum Gasteiger partial charge on any atom is -0.398 e. The molecule has 0 aliphatic carbocycles. The van der Waals surface area contributed by atoms with E-state index in [1.165, 1.54) is 0 Å². The lowest BCUT2D eigenvalue weighted by molar-refractivity contribution is 0.687. The molecule has 3 nitrogen and oxygen atoms in total. The summed E-state index contributed by atoms with van der Waals surface area (Å²) in [4.78, 5) is 0. The molecule has 4 heteroatoms. The second kappa shape index (κ2) is 5.39. The van der Waals surface area contributed by atoms with Crippen molar-refractivity contribution >= 4 is 17.3 Å². The molecular formula is C16H14ClN3. The molecule has 0 aliphatic rings. The first-order valence-electron chi connectivity index (χ1n) is 6.34. The second-order valence-corrected chi connectivity index (χ2v) is 5.08. The van der Waals surface area contributed by atoms with Crippen LogP contribution < -0.4 is 5.73 Å². The summed E-state index contributed by atoms with van der Waals surface area (Å²) in [5, 5.41) is 5.12. The third-order valence-electron chi connectivity index (χ3n) is 3.16. The average molecular weight is 284 g/mol. The van der Waals surface area contributed by atoms with Gasteiger partial charge in [0.1, 0.15) is 0 Å².